The Balaban J connectivity index is 2.24. The molecule has 1 saturated heterocycles. The number of benzene rings is 1. The SMILES string of the molecule is CC(C)c1ccc(C2(CO)CCNCC2)cc1. The van der Waals surface area contributed by atoms with Crippen LogP contribution in [0.3, 0.4) is 0 Å². The van der Waals surface area contributed by atoms with Crippen LogP contribution in [0.1, 0.15) is 43.7 Å². The highest BCUT2D eigenvalue weighted by Crippen LogP contribution is 2.33. The minimum atomic E-state index is -0.0131. The molecule has 0 bridgehead atoms. The summed E-state index contributed by atoms with van der Waals surface area (Å²) in [6.45, 7) is 6.69. The van der Waals surface area contributed by atoms with E-state index in [0.717, 1.165) is 25.9 Å². The van der Waals surface area contributed by atoms with Crippen LogP contribution in [0, 0.1) is 0 Å². The van der Waals surface area contributed by atoms with Crippen LogP contribution in [-0.4, -0.2) is 24.8 Å². The summed E-state index contributed by atoms with van der Waals surface area (Å²) >= 11 is 0. The molecule has 1 aromatic rings. The van der Waals surface area contributed by atoms with E-state index in [4.69, 9.17) is 0 Å². The van der Waals surface area contributed by atoms with E-state index in [0.29, 0.717) is 5.92 Å². The topological polar surface area (TPSA) is 32.3 Å². The first kappa shape index (κ1) is 12.6. The molecule has 0 spiro atoms. The summed E-state index contributed by atoms with van der Waals surface area (Å²) < 4.78 is 0. The van der Waals surface area contributed by atoms with Gasteiger partial charge in [-0.25, -0.2) is 0 Å². The van der Waals surface area contributed by atoms with Crippen LogP contribution in [0.15, 0.2) is 24.3 Å². The van der Waals surface area contributed by atoms with Crippen molar-refractivity contribution in [2.75, 3.05) is 19.7 Å². The third-order valence-electron chi connectivity index (χ3n) is 4.05. The Morgan fingerprint density at radius 1 is 1.18 bits per heavy atom. The Bertz CT molecular complexity index is 350. The Morgan fingerprint density at radius 2 is 1.76 bits per heavy atom. The third-order valence-corrected chi connectivity index (χ3v) is 4.05. The van der Waals surface area contributed by atoms with Crippen LogP contribution < -0.4 is 5.32 Å². The predicted molar refractivity (Wildman–Crippen MR) is 71.4 cm³/mol. The number of piperidine rings is 1. The summed E-state index contributed by atoms with van der Waals surface area (Å²) in [5, 5.41) is 13.1. The lowest BCUT2D eigenvalue weighted by atomic mass is 9.73. The molecule has 94 valence electrons. The average molecular weight is 233 g/mol. The Hall–Kier alpha value is -0.860. The molecular weight excluding hydrogens is 210 g/mol. The molecule has 0 amide bonds. The third kappa shape index (κ3) is 2.53. The minimum Gasteiger partial charge on any atom is -0.395 e. The van der Waals surface area contributed by atoms with E-state index in [1.165, 1.54) is 11.1 Å². The molecule has 0 aromatic heterocycles. The van der Waals surface area contributed by atoms with Crippen molar-refractivity contribution >= 4 is 0 Å². The number of rotatable bonds is 3. The standard InChI is InChI=1S/C15H23NO/c1-12(2)13-3-5-14(6-4-13)15(11-17)7-9-16-10-8-15/h3-6,12,16-17H,7-11H2,1-2H3. The van der Waals surface area contributed by atoms with Crippen LogP contribution in [0.4, 0.5) is 0 Å². The highest BCUT2D eigenvalue weighted by Gasteiger charge is 2.32. The first-order valence-electron chi connectivity index (χ1n) is 6.60. The molecule has 1 fully saturated rings. The van der Waals surface area contributed by atoms with Gasteiger partial charge in [-0.3, -0.25) is 0 Å². The molecule has 2 heteroatoms. The van der Waals surface area contributed by atoms with Gasteiger partial charge in [-0.05, 0) is 43.0 Å². The highest BCUT2D eigenvalue weighted by atomic mass is 16.3. The lowest BCUT2D eigenvalue weighted by molar-refractivity contribution is 0.158. The maximum absolute atomic E-state index is 9.75. The van der Waals surface area contributed by atoms with Crippen molar-refractivity contribution in [1.29, 1.82) is 0 Å². The molecule has 17 heavy (non-hydrogen) atoms. The van der Waals surface area contributed by atoms with Crippen molar-refractivity contribution in [3.05, 3.63) is 35.4 Å². The largest absolute Gasteiger partial charge is 0.395 e. The van der Waals surface area contributed by atoms with E-state index in [2.05, 4.69) is 43.4 Å². The molecule has 1 aromatic carbocycles. The number of aliphatic hydroxyl groups excluding tert-OH is 1. The smallest absolute Gasteiger partial charge is 0.0528 e. The normalized spacial score (nSPS) is 19.5. The van der Waals surface area contributed by atoms with Crippen LogP contribution in [0.5, 0.6) is 0 Å². The second-order valence-electron chi connectivity index (χ2n) is 5.47. The van der Waals surface area contributed by atoms with Gasteiger partial charge < -0.3 is 10.4 Å². The van der Waals surface area contributed by atoms with Gasteiger partial charge in [-0.1, -0.05) is 38.1 Å². The fourth-order valence-electron chi connectivity index (χ4n) is 2.66. The predicted octanol–water partition coefficient (Wildman–Crippen LogP) is 2.42. The zero-order valence-electron chi connectivity index (χ0n) is 10.9. The van der Waals surface area contributed by atoms with E-state index in [-0.39, 0.29) is 12.0 Å². The summed E-state index contributed by atoms with van der Waals surface area (Å²) in [6.07, 6.45) is 2.06. The van der Waals surface area contributed by atoms with Gasteiger partial charge in [0, 0.05) is 5.41 Å². The Labute approximate surface area is 104 Å². The summed E-state index contributed by atoms with van der Waals surface area (Å²) in [7, 11) is 0. The first-order valence-corrected chi connectivity index (χ1v) is 6.60. The summed E-state index contributed by atoms with van der Waals surface area (Å²) in [5.74, 6) is 0.571. The first-order chi connectivity index (χ1) is 8.18. The van der Waals surface area contributed by atoms with Crippen molar-refractivity contribution in [3.63, 3.8) is 0 Å². The molecule has 0 radical (unpaired) electrons. The lowest BCUT2D eigenvalue weighted by Crippen LogP contribution is -2.42. The monoisotopic (exact) mass is 233 g/mol. The van der Waals surface area contributed by atoms with Crippen LogP contribution in [0.2, 0.25) is 0 Å². The molecule has 0 aliphatic carbocycles. The maximum atomic E-state index is 9.75. The quantitative estimate of drug-likeness (QED) is 0.840. The van der Waals surface area contributed by atoms with Crippen molar-refractivity contribution in [2.45, 2.75) is 38.0 Å². The van der Waals surface area contributed by atoms with Crippen LogP contribution >= 0.6 is 0 Å². The molecule has 0 atom stereocenters. The van der Waals surface area contributed by atoms with Crippen molar-refractivity contribution in [1.82, 2.24) is 5.32 Å². The second kappa shape index (κ2) is 5.19. The summed E-state index contributed by atoms with van der Waals surface area (Å²) in [4.78, 5) is 0. The molecule has 2 N–H and O–H groups in total. The van der Waals surface area contributed by atoms with Gasteiger partial charge in [-0.15, -0.1) is 0 Å². The summed E-state index contributed by atoms with van der Waals surface area (Å²) in [6, 6.07) is 8.83. The fourth-order valence-corrected chi connectivity index (χ4v) is 2.66. The Morgan fingerprint density at radius 3 is 2.24 bits per heavy atom. The van der Waals surface area contributed by atoms with E-state index >= 15 is 0 Å². The van der Waals surface area contributed by atoms with Gasteiger partial charge in [-0.2, -0.15) is 0 Å². The number of hydrogen-bond acceptors (Lipinski definition) is 2. The number of hydrogen-bond donors (Lipinski definition) is 2. The molecular formula is C15H23NO. The number of aliphatic hydroxyl groups is 1. The average Bonchev–Trinajstić information content (AvgIpc) is 2.39. The van der Waals surface area contributed by atoms with Gasteiger partial charge in [0.05, 0.1) is 6.61 Å². The molecule has 1 aliphatic heterocycles. The second-order valence-corrected chi connectivity index (χ2v) is 5.47. The van der Waals surface area contributed by atoms with Gasteiger partial charge in [0.25, 0.3) is 0 Å². The van der Waals surface area contributed by atoms with E-state index < -0.39 is 0 Å². The lowest BCUT2D eigenvalue weighted by Gasteiger charge is -2.36. The van der Waals surface area contributed by atoms with Gasteiger partial charge >= 0.3 is 0 Å². The fraction of sp³-hybridized carbons (Fsp3) is 0.600. The maximum Gasteiger partial charge on any atom is 0.0528 e. The minimum absolute atomic E-state index is 0.0131. The van der Waals surface area contributed by atoms with Crippen LogP contribution in [0.25, 0.3) is 0 Å². The zero-order chi connectivity index (χ0) is 12.3. The molecule has 2 nitrogen and oxygen atoms in total. The van der Waals surface area contributed by atoms with Crippen molar-refractivity contribution < 1.29 is 5.11 Å². The van der Waals surface area contributed by atoms with E-state index in [1.54, 1.807) is 0 Å². The summed E-state index contributed by atoms with van der Waals surface area (Å²) in [5.41, 5.74) is 2.66. The van der Waals surface area contributed by atoms with Crippen molar-refractivity contribution in [3.8, 4) is 0 Å². The molecule has 0 saturated carbocycles. The molecule has 2 rings (SSSR count). The van der Waals surface area contributed by atoms with E-state index in [1.807, 2.05) is 0 Å². The number of nitrogens with one attached hydrogen (secondary N) is 1. The van der Waals surface area contributed by atoms with Gasteiger partial charge in [0.1, 0.15) is 0 Å². The molecule has 0 unspecified atom stereocenters. The van der Waals surface area contributed by atoms with E-state index in [9.17, 15) is 5.11 Å². The van der Waals surface area contributed by atoms with Crippen molar-refractivity contribution in [2.24, 2.45) is 0 Å². The van der Waals surface area contributed by atoms with Crippen LogP contribution in [-0.2, 0) is 5.41 Å². The zero-order valence-corrected chi connectivity index (χ0v) is 10.9. The van der Waals surface area contributed by atoms with Gasteiger partial charge in [0.15, 0.2) is 0 Å². The highest BCUT2D eigenvalue weighted by molar-refractivity contribution is 5.31. The molecule has 1 aliphatic rings. The van der Waals surface area contributed by atoms with Gasteiger partial charge in [0.2, 0.25) is 0 Å². The molecule has 1 heterocycles. The Kier molecular flexibility index (Phi) is 3.85.